The van der Waals surface area contributed by atoms with Gasteiger partial charge in [0.25, 0.3) is 0 Å². The summed E-state index contributed by atoms with van der Waals surface area (Å²) in [6.07, 6.45) is 5.72. The van der Waals surface area contributed by atoms with E-state index in [9.17, 15) is 0 Å². The van der Waals surface area contributed by atoms with E-state index < -0.39 is 0 Å². The molecule has 0 saturated heterocycles. The summed E-state index contributed by atoms with van der Waals surface area (Å²) < 4.78 is 0. The molecule has 0 aliphatic rings. The van der Waals surface area contributed by atoms with Crippen LogP contribution in [0, 0.1) is 0 Å². The smallest absolute Gasteiger partial charge is 0.0308 e. The van der Waals surface area contributed by atoms with Crippen molar-refractivity contribution in [1.82, 2.24) is 0 Å². The standard InChI is InChI=1S/C9H16.C3H8.3C2H6/c1-5-7-9(6-2)8(3)4;1-3-2;3*1-2/h7H,3,5-6H2,1-2,4H3;3H2,1-2H3;3*1-2H3/b9-7+;;;;. The fourth-order valence-corrected chi connectivity index (χ4v) is 0.867. The molecule has 0 aliphatic carbocycles. The van der Waals surface area contributed by atoms with E-state index in [-0.39, 0.29) is 0 Å². The van der Waals surface area contributed by atoms with Crippen LogP contribution >= 0.6 is 0 Å². The normalized spacial score (nSPS) is 7.83. The third-order valence-electron chi connectivity index (χ3n) is 1.38. The van der Waals surface area contributed by atoms with Crippen molar-refractivity contribution < 1.29 is 0 Å². The van der Waals surface area contributed by atoms with Crippen LogP contribution in [-0.2, 0) is 0 Å². The largest absolute Gasteiger partial charge is 0.0958 e. The van der Waals surface area contributed by atoms with Crippen molar-refractivity contribution in [2.45, 2.75) is 95.4 Å². The molecule has 0 radical (unpaired) electrons. The minimum atomic E-state index is 1.11. The van der Waals surface area contributed by atoms with Gasteiger partial charge in [-0.25, -0.2) is 0 Å². The van der Waals surface area contributed by atoms with Gasteiger partial charge in [0, 0.05) is 0 Å². The van der Waals surface area contributed by atoms with E-state index in [0.29, 0.717) is 0 Å². The minimum Gasteiger partial charge on any atom is -0.0958 e. The van der Waals surface area contributed by atoms with Crippen molar-refractivity contribution in [2.24, 2.45) is 0 Å². The molecule has 0 nitrogen and oxygen atoms in total. The van der Waals surface area contributed by atoms with Gasteiger partial charge in [-0.15, -0.1) is 0 Å². The van der Waals surface area contributed by atoms with Gasteiger partial charge in [-0.2, -0.15) is 0 Å². The van der Waals surface area contributed by atoms with Gasteiger partial charge in [0.1, 0.15) is 0 Å². The predicted molar refractivity (Wildman–Crippen MR) is 93.5 cm³/mol. The van der Waals surface area contributed by atoms with E-state index >= 15 is 0 Å². The zero-order valence-electron chi connectivity index (χ0n) is 15.4. The monoisotopic (exact) mass is 258 g/mol. The molecule has 0 spiro atoms. The molecule has 0 aliphatic heterocycles. The van der Waals surface area contributed by atoms with Crippen molar-refractivity contribution in [3.63, 3.8) is 0 Å². The van der Waals surface area contributed by atoms with Gasteiger partial charge >= 0.3 is 0 Å². The Bertz CT molecular complexity index is 129. The molecule has 0 unspecified atom stereocenters. The van der Waals surface area contributed by atoms with Crippen LogP contribution in [0.5, 0.6) is 0 Å². The van der Waals surface area contributed by atoms with Crippen molar-refractivity contribution >= 4 is 0 Å². The Morgan fingerprint density at radius 2 is 1.11 bits per heavy atom. The minimum absolute atomic E-state index is 1.11. The predicted octanol–water partition coefficient (Wildman–Crippen LogP) is 7.80. The lowest BCUT2D eigenvalue weighted by molar-refractivity contribution is 1.07. The van der Waals surface area contributed by atoms with Crippen LogP contribution < -0.4 is 0 Å². The molecule has 114 valence electrons. The second kappa shape index (κ2) is 43.9. The van der Waals surface area contributed by atoms with Gasteiger partial charge in [0.05, 0.1) is 0 Å². The van der Waals surface area contributed by atoms with Crippen LogP contribution in [0.1, 0.15) is 95.4 Å². The van der Waals surface area contributed by atoms with E-state index in [2.05, 4.69) is 47.3 Å². The highest BCUT2D eigenvalue weighted by atomic mass is 14.0. The molecule has 0 aromatic heterocycles. The van der Waals surface area contributed by atoms with Crippen molar-refractivity contribution in [1.29, 1.82) is 0 Å². The first-order valence-electron chi connectivity index (χ1n) is 7.98. The van der Waals surface area contributed by atoms with Crippen LogP contribution in [0.4, 0.5) is 0 Å². The first kappa shape index (κ1) is 30.5. The van der Waals surface area contributed by atoms with Gasteiger partial charge in [-0.05, 0) is 25.3 Å². The molecule has 0 heterocycles. The molecular formula is C18H42. The number of allylic oxidation sites excluding steroid dienone is 3. The van der Waals surface area contributed by atoms with Gasteiger partial charge in [0.2, 0.25) is 0 Å². The topological polar surface area (TPSA) is 0 Å². The molecule has 0 atom stereocenters. The lowest BCUT2D eigenvalue weighted by Crippen LogP contribution is -1.79. The highest BCUT2D eigenvalue weighted by Gasteiger charge is 1.90. The van der Waals surface area contributed by atoms with E-state index in [1.54, 1.807) is 0 Å². The van der Waals surface area contributed by atoms with E-state index in [0.717, 1.165) is 12.8 Å². The summed E-state index contributed by atoms with van der Waals surface area (Å²) in [4.78, 5) is 0. The van der Waals surface area contributed by atoms with Crippen molar-refractivity contribution in [3.8, 4) is 0 Å². The van der Waals surface area contributed by atoms with Crippen LogP contribution in [0.2, 0.25) is 0 Å². The summed E-state index contributed by atoms with van der Waals surface area (Å²) in [6, 6.07) is 0. The zero-order chi connectivity index (χ0) is 16.0. The average Bonchev–Trinajstić information content (AvgIpc) is 2.43. The van der Waals surface area contributed by atoms with Gasteiger partial charge in [0.15, 0.2) is 0 Å². The van der Waals surface area contributed by atoms with Crippen LogP contribution in [0.15, 0.2) is 23.8 Å². The first-order chi connectivity index (χ1) is 8.63. The molecule has 0 amide bonds. The first-order valence-corrected chi connectivity index (χ1v) is 7.98. The molecule has 0 aromatic carbocycles. The Morgan fingerprint density at radius 3 is 1.17 bits per heavy atom. The lowest BCUT2D eigenvalue weighted by Gasteiger charge is -2.00. The van der Waals surface area contributed by atoms with Crippen LogP contribution in [-0.4, -0.2) is 0 Å². The molecule has 0 N–H and O–H groups in total. The average molecular weight is 259 g/mol. The lowest BCUT2D eigenvalue weighted by atomic mass is 10.1. The second-order valence-corrected chi connectivity index (χ2v) is 2.98. The Balaban J connectivity index is -0.0000000524. The second-order valence-electron chi connectivity index (χ2n) is 2.98. The number of rotatable bonds is 3. The van der Waals surface area contributed by atoms with Crippen LogP contribution in [0.3, 0.4) is 0 Å². The maximum absolute atomic E-state index is 3.88. The number of hydrogen-bond donors (Lipinski definition) is 0. The Labute approximate surface area is 120 Å². The van der Waals surface area contributed by atoms with Gasteiger partial charge in [-0.1, -0.05) is 93.9 Å². The molecule has 0 rings (SSSR count). The van der Waals surface area contributed by atoms with Gasteiger partial charge in [-0.3, -0.25) is 0 Å². The fourth-order valence-electron chi connectivity index (χ4n) is 0.867. The molecule has 0 fully saturated rings. The molecule has 0 heteroatoms. The highest BCUT2D eigenvalue weighted by Crippen LogP contribution is 2.10. The fraction of sp³-hybridized carbons (Fsp3) is 0.778. The molecule has 18 heavy (non-hydrogen) atoms. The summed E-state index contributed by atoms with van der Waals surface area (Å²) in [5.74, 6) is 0. The van der Waals surface area contributed by atoms with E-state index in [1.165, 1.54) is 17.6 Å². The van der Waals surface area contributed by atoms with E-state index in [1.807, 2.05) is 41.5 Å². The Morgan fingerprint density at radius 1 is 0.833 bits per heavy atom. The van der Waals surface area contributed by atoms with Crippen molar-refractivity contribution in [3.05, 3.63) is 23.8 Å². The Hall–Kier alpha value is -0.520. The molecule has 0 saturated carbocycles. The van der Waals surface area contributed by atoms with Crippen LogP contribution in [0.25, 0.3) is 0 Å². The third kappa shape index (κ3) is 45.1. The van der Waals surface area contributed by atoms with E-state index in [4.69, 9.17) is 0 Å². The summed E-state index contributed by atoms with van der Waals surface area (Å²) >= 11 is 0. The molecular weight excluding hydrogens is 216 g/mol. The number of hydrogen-bond acceptors (Lipinski definition) is 0. The third-order valence-corrected chi connectivity index (χ3v) is 1.38. The van der Waals surface area contributed by atoms with Crippen molar-refractivity contribution in [2.75, 3.05) is 0 Å². The zero-order valence-corrected chi connectivity index (χ0v) is 15.4. The van der Waals surface area contributed by atoms with Gasteiger partial charge < -0.3 is 0 Å². The summed E-state index contributed by atoms with van der Waals surface area (Å²) in [5, 5.41) is 0. The Kier molecular flexibility index (Phi) is 74.4. The SMILES string of the molecule is C=C(C)/C(=C/CC)CC.CC.CC.CC.CCC. The molecule has 0 bridgehead atoms. The maximum atomic E-state index is 3.88. The highest BCUT2D eigenvalue weighted by molar-refractivity contribution is 5.25. The maximum Gasteiger partial charge on any atom is -0.0308 e. The summed E-state index contributed by atoms with van der Waals surface area (Å²) in [5.41, 5.74) is 2.61. The summed E-state index contributed by atoms with van der Waals surface area (Å²) in [6.45, 7) is 26.5. The summed E-state index contributed by atoms with van der Waals surface area (Å²) in [7, 11) is 0. The molecule has 0 aromatic rings. The quantitative estimate of drug-likeness (QED) is 0.453.